The normalized spacial score (nSPS) is 20.9. The number of rotatable bonds is 0. The molecule has 0 aromatic heterocycles. The molecule has 1 heterocycles. The topological polar surface area (TPSA) is 20.3 Å². The monoisotopic (exact) mass is 189 g/mol. The molecule has 2 rings (SSSR count). The van der Waals surface area contributed by atoms with Crippen LogP contribution in [0.4, 0.5) is 0 Å². The van der Waals surface area contributed by atoms with Crippen LogP contribution < -0.4 is 0 Å². The van der Waals surface area contributed by atoms with E-state index in [0.717, 1.165) is 12.0 Å². The molecule has 2 nitrogen and oxygen atoms in total. The molecule has 1 aromatic rings. The molecule has 0 saturated carbocycles. The summed E-state index contributed by atoms with van der Waals surface area (Å²) in [5.41, 5.74) is 3.30. The molecule has 1 aliphatic heterocycles. The van der Waals surface area contributed by atoms with Gasteiger partial charge in [0.1, 0.15) is 0 Å². The van der Waals surface area contributed by atoms with E-state index in [9.17, 15) is 4.79 Å². The van der Waals surface area contributed by atoms with Crippen LogP contribution in [0.1, 0.15) is 28.4 Å². The average molecular weight is 189 g/mol. The number of hydrogen-bond acceptors (Lipinski definition) is 1. The minimum absolute atomic E-state index is 0.152. The fraction of sp³-hybridized carbons (Fsp3) is 0.417. The van der Waals surface area contributed by atoms with Crippen molar-refractivity contribution in [2.45, 2.75) is 26.3 Å². The zero-order valence-corrected chi connectivity index (χ0v) is 8.87. The molecule has 1 aromatic carbocycles. The minimum Gasteiger partial charge on any atom is -0.339 e. The second kappa shape index (κ2) is 3.12. The number of nitrogens with zero attached hydrogens (tertiary/aromatic N) is 1. The standard InChI is InChI=1S/C12H15NO/c1-8-4-5-11-10(6-8)7-9(2)13(3)12(11)14/h4-6,9H,7H2,1-3H3. The van der Waals surface area contributed by atoms with Gasteiger partial charge < -0.3 is 4.90 Å². The molecule has 0 bridgehead atoms. The van der Waals surface area contributed by atoms with Gasteiger partial charge in [0.25, 0.3) is 5.91 Å². The van der Waals surface area contributed by atoms with Gasteiger partial charge in [0.15, 0.2) is 0 Å². The highest BCUT2D eigenvalue weighted by molar-refractivity contribution is 5.96. The van der Waals surface area contributed by atoms with Crippen LogP contribution in [0.2, 0.25) is 0 Å². The Morgan fingerprint density at radius 2 is 2.14 bits per heavy atom. The van der Waals surface area contributed by atoms with Crippen LogP contribution in [-0.4, -0.2) is 23.9 Å². The zero-order valence-electron chi connectivity index (χ0n) is 8.87. The summed E-state index contributed by atoms with van der Waals surface area (Å²) in [6, 6.07) is 6.38. The molecule has 1 unspecified atom stereocenters. The number of carbonyl (C=O) groups excluding carboxylic acids is 1. The van der Waals surface area contributed by atoms with Crippen LogP contribution in [0.15, 0.2) is 18.2 Å². The SMILES string of the molecule is Cc1ccc2c(c1)CC(C)N(C)C2=O. The summed E-state index contributed by atoms with van der Waals surface area (Å²) in [5.74, 6) is 0.152. The maximum absolute atomic E-state index is 11.9. The molecule has 0 N–H and O–H groups in total. The van der Waals surface area contributed by atoms with Crippen molar-refractivity contribution in [2.75, 3.05) is 7.05 Å². The van der Waals surface area contributed by atoms with E-state index in [2.05, 4.69) is 19.9 Å². The molecule has 0 saturated heterocycles. The Kier molecular flexibility index (Phi) is 2.06. The molecule has 1 atom stereocenters. The Morgan fingerprint density at radius 1 is 1.43 bits per heavy atom. The van der Waals surface area contributed by atoms with Crippen molar-refractivity contribution in [2.24, 2.45) is 0 Å². The van der Waals surface area contributed by atoms with Crippen molar-refractivity contribution >= 4 is 5.91 Å². The molecule has 74 valence electrons. The van der Waals surface area contributed by atoms with E-state index in [1.54, 1.807) is 0 Å². The van der Waals surface area contributed by atoms with E-state index in [-0.39, 0.29) is 5.91 Å². The highest BCUT2D eigenvalue weighted by Gasteiger charge is 2.26. The Bertz CT molecular complexity index is 384. The number of benzene rings is 1. The third-order valence-corrected chi connectivity index (χ3v) is 2.99. The Balaban J connectivity index is 2.51. The third kappa shape index (κ3) is 1.31. The number of fused-ring (bicyclic) bond motifs is 1. The highest BCUT2D eigenvalue weighted by Crippen LogP contribution is 2.22. The van der Waals surface area contributed by atoms with E-state index in [1.807, 2.05) is 24.1 Å². The lowest BCUT2D eigenvalue weighted by molar-refractivity contribution is 0.0721. The van der Waals surface area contributed by atoms with Crippen molar-refractivity contribution in [3.63, 3.8) is 0 Å². The number of carbonyl (C=O) groups is 1. The molecule has 0 aliphatic carbocycles. The summed E-state index contributed by atoms with van der Waals surface area (Å²) in [6.07, 6.45) is 0.971. The van der Waals surface area contributed by atoms with E-state index in [0.29, 0.717) is 6.04 Å². The first-order chi connectivity index (χ1) is 6.59. The Hall–Kier alpha value is -1.31. The highest BCUT2D eigenvalue weighted by atomic mass is 16.2. The van der Waals surface area contributed by atoms with Crippen LogP contribution in [0.3, 0.4) is 0 Å². The molecule has 0 fully saturated rings. The van der Waals surface area contributed by atoms with E-state index >= 15 is 0 Å². The second-order valence-electron chi connectivity index (χ2n) is 4.13. The van der Waals surface area contributed by atoms with Crippen LogP contribution in [0.5, 0.6) is 0 Å². The fourth-order valence-corrected chi connectivity index (χ4v) is 1.95. The number of amides is 1. The van der Waals surface area contributed by atoms with Crippen molar-refractivity contribution in [3.05, 3.63) is 34.9 Å². The summed E-state index contributed by atoms with van der Waals surface area (Å²) in [7, 11) is 1.87. The van der Waals surface area contributed by atoms with Gasteiger partial charge in [0, 0.05) is 18.7 Å². The van der Waals surface area contributed by atoms with Crippen molar-refractivity contribution in [1.29, 1.82) is 0 Å². The molecule has 14 heavy (non-hydrogen) atoms. The lowest BCUT2D eigenvalue weighted by atomic mass is 9.93. The van der Waals surface area contributed by atoms with Crippen molar-refractivity contribution in [1.82, 2.24) is 4.90 Å². The maximum Gasteiger partial charge on any atom is 0.254 e. The van der Waals surface area contributed by atoms with E-state index in [4.69, 9.17) is 0 Å². The maximum atomic E-state index is 11.9. The smallest absolute Gasteiger partial charge is 0.254 e. The predicted molar refractivity (Wildman–Crippen MR) is 56.4 cm³/mol. The predicted octanol–water partition coefficient (Wildman–Crippen LogP) is 2.01. The fourth-order valence-electron chi connectivity index (χ4n) is 1.95. The lowest BCUT2D eigenvalue weighted by Crippen LogP contribution is -2.41. The minimum atomic E-state index is 0.152. The lowest BCUT2D eigenvalue weighted by Gasteiger charge is -2.31. The van der Waals surface area contributed by atoms with Crippen LogP contribution in [-0.2, 0) is 6.42 Å². The molecular formula is C12H15NO. The van der Waals surface area contributed by atoms with Gasteiger partial charge >= 0.3 is 0 Å². The molecule has 2 heteroatoms. The first-order valence-corrected chi connectivity index (χ1v) is 4.96. The van der Waals surface area contributed by atoms with Gasteiger partial charge in [-0.05, 0) is 31.9 Å². The molecule has 1 aliphatic rings. The largest absolute Gasteiger partial charge is 0.339 e. The second-order valence-corrected chi connectivity index (χ2v) is 4.13. The third-order valence-electron chi connectivity index (χ3n) is 2.99. The van der Waals surface area contributed by atoms with Gasteiger partial charge in [-0.15, -0.1) is 0 Å². The summed E-state index contributed by atoms with van der Waals surface area (Å²) in [4.78, 5) is 13.7. The van der Waals surface area contributed by atoms with Gasteiger partial charge in [-0.3, -0.25) is 4.79 Å². The summed E-state index contributed by atoms with van der Waals surface area (Å²) in [5, 5.41) is 0. The van der Waals surface area contributed by atoms with Crippen molar-refractivity contribution < 1.29 is 4.79 Å². The molecule has 1 amide bonds. The average Bonchev–Trinajstić information content (AvgIpc) is 2.14. The van der Waals surface area contributed by atoms with Gasteiger partial charge in [-0.1, -0.05) is 17.7 Å². The van der Waals surface area contributed by atoms with Crippen molar-refractivity contribution in [3.8, 4) is 0 Å². The first kappa shape index (κ1) is 9.25. The Labute approximate surface area is 84.5 Å². The van der Waals surface area contributed by atoms with Gasteiger partial charge in [-0.25, -0.2) is 0 Å². The molecular weight excluding hydrogens is 174 g/mol. The van der Waals surface area contributed by atoms with Gasteiger partial charge in [0.05, 0.1) is 0 Å². The van der Waals surface area contributed by atoms with Crippen LogP contribution >= 0.6 is 0 Å². The van der Waals surface area contributed by atoms with Gasteiger partial charge in [-0.2, -0.15) is 0 Å². The Morgan fingerprint density at radius 3 is 2.86 bits per heavy atom. The van der Waals surface area contributed by atoms with E-state index in [1.165, 1.54) is 11.1 Å². The number of hydrogen-bond donors (Lipinski definition) is 0. The summed E-state index contributed by atoms with van der Waals surface area (Å²) in [6.45, 7) is 4.15. The van der Waals surface area contributed by atoms with Crippen LogP contribution in [0, 0.1) is 6.92 Å². The van der Waals surface area contributed by atoms with Crippen LogP contribution in [0.25, 0.3) is 0 Å². The quantitative estimate of drug-likeness (QED) is 0.611. The summed E-state index contributed by atoms with van der Waals surface area (Å²) < 4.78 is 0. The van der Waals surface area contributed by atoms with E-state index < -0.39 is 0 Å². The molecule has 0 spiro atoms. The zero-order chi connectivity index (χ0) is 10.3. The summed E-state index contributed by atoms with van der Waals surface area (Å²) >= 11 is 0. The van der Waals surface area contributed by atoms with Gasteiger partial charge in [0.2, 0.25) is 0 Å². The number of likely N-dealkylation sites (N-methyl/N-ethyl adjacent to an activating group) is 1. The molecule has 0 radical (unpaired) electrons. The number of aryl methyl sites for hydroxylation is 1. The first-order valence-electron chi connectivity index (χ1n) is 4.96.